The Morgan fingerprint density at radius 3 is 2.85 bits per heavy atom. The molecule has 2 heterocycles. The molecule has 0 saturated carbocycles. The Hall–Kier alpha value is -2.66. The maximum atomic E-state index is 6.39. The zero-order chi connectivity index (χ0) is 18.1. The Kier molecular flexibility index (Phi) is 4.47. The molecular weight excluding hydrogens is 346 g/mol. The van der Waals surface area contributed by atoms with Crippen LogP contribution in [0.4, 0.5) is 23.1 Å². The van der Waals surface area contributed by atoms with Gasteiger partial charge in [-0.15, -0.1) is 5.10 Å². The van der Waals surface area contributed by atoms with Crippen LogP contribution in [0.3, 0.4) is 0 Å². The van der Waals surface area contributed by atoms with Crippen LogP contribution < -0.4 is 10.2 Å². The van der Waals surface area contributed by atoms with Crippen molar-refractivity contribution in [2.45, 2.75) is 26.7 Å². The molecule has 0 amide bonds. The topological polar surface area (TPSA) is 53.9 Å². The lowest BCUT2D eigenvalue weighted by Gasteiger charge is -2.30. The van der Waals surface area contributed by atoms with Gasteiger partial charge in [0.05, 0.1) is 16.9 Å². The first-order valence-electron chi connectivity index (χ1n) is 8.71. The summed E-state index contributed by atoms with van der Waals surface area (Å²) in [5, 5.41) is 12.2. The predicted octanol–water partition coefficient (Wildman–Crippen LogP) is 4.97. The molecule has 3 aromatic rings. The highest BCUT2D eigenvalue weighted by atomic mass is 35.5. The number of halogens is 1. The molecule has 0 atom stereocenters. The summed E-state index contributed by atoms with van der Waals surface area (Å²) in [5.41, 5.74) is 5.51. The Morgan fingerprint density at radius 1 is 1.15 bits per heavy atom. The molecule has 0 spiro atoms. The van der Waals surface area contributed by atoms with Crippen molar-refractivity contribution in [3.63, 3.8) is 0 Å². The second kappa shape index (κ2) is 6.92. The van der Waals surface area contributed by atoms with Gasteiger partial charge in [0.25, 0.3) is 0 Å². The fourth-order valence-electron chi connectivity index (χ4n) is 3.44. The Balaban J connectivity index is 1.67. The van der Waals surface area contributed by atoms with Crippen LogP contribution in [0.25, 0.3) is 0 Å². The number of para-hydroxylation sites is 1. The van der Waals surface area contributed by atoms with Gasteiger partial charge in [0, 0.05) is 12.2 Å². The van der Waals surface area contributed by atoms with Gasteiger partial charge in [-0.05, 0) is 55.5 Å². The molecule has 0 fully saturated rings. The lowest BCUT2D eigenvalue weighted by atomic mass is 10.0. The van der Waals surface area contributed by atoms with Crippen molar-refractivity contribution in [3.8, 4) is 0 Å². The number of nitrogens with one attached hydrogen (secondary N) is 1. The summed E-state index contributed by atoms with van der Waals surface area (Å²) >= 11 is 6.39. The lowest BCUT2D eigenvalue weighted by Crippen LogP contribution is -2.25. The maximum Gasteiger partial charge on any atom is 0.249 e. The summed E-state index contributed by atoms with van der Waals surface area (Å²) in [6.07, 6.45) is 3.89. The first kappa shape index (κ1) is 16.8. The van der Waals surface area contributed by atoms with E-state index in [-0.39, 0.29) is 0 Å². The highest BCUT2D eigenvalue weighted by molar-refractivity contribution is 6.33. The molecule has 0 radical (unpaired) electrons. The number of hydrogen-bond donors (Lipinski definition) is 1. The molecule has 5 nitrogen and oxygen atoms in total. The van der Waals surface area contributed by atoms with Crippen LogP contribution in [0.15, 0.2) is 42.6 Å². The first-order valence-corrected chi connectivity index (χ1v) is 9.08. The molecule has 0 saturated heterocycles. The van der Waals surface area contributed by atoms with Gasteiger partial charge in [0.2, 0.25) is 5.95 Å². The van der Waals surface area contributed by atoms with Crippen molar-refractivity contribution in [1.82, 2.24) is 15.2 Å². The summed E-state index contributed by atoms with van der Waals surface area (Å²) in [7, 11) is 0. The third kappa shape index (κ3) is 3.22. The summed E-state index contributed by atoms with van der Waals surface area (Å²) in [5.74, 6) is 1.23. The minimum atomic E-state index is 0.444. The van der Waals surface area contributed by atoms with Gasteiger partial charge in [-0.2, -0.15) is 10.1 Å². The third-order valence-corrected chi connectivity index (χ3v) is 4.90. The molecule has 6 heteroatoms. The molecule has 0 aliphatic carbocycles. The number of fused-ring (bicyclic) bond motifs is 1. The highest BCUT2D eigenvalue weighted by Gasteiger charge is 2.19. The summed E-state index contributed by atoms with van der Waals surface area (Å²) in [6, 6.07) is 12.4. The van der Waals surface area contributed by atoms with Crippen LogP contribution in [0, 0.1) is 13.8 Å². The second-order valence-electron chi connectivity index (χ2n) is 6.59. The minimum absolute atomic E-state index is 0.444. The average molecular weight is 366 g/mol. The average Bonchev–Trinajstić information content (AvgIpc) is 2.64. The Labute approximate surface area is 158 Å². The smallest absolute Gasteiger partial charge is 0.249 e. The lowest BCUT2D eigenvalue weighted by molar-refractivity contribution is 0.754. The fourth-order valence-corrected chi connectivity index (χ4v) is 3.80. The molecule has 132 valence electrons. The van der Waals surface area contributed by atoms with Gasteiger partial charge in [0.1, 0.15) is 0 Å². The van der Waals surface area contributed by atoms with E-state index < -0.39 is 0 Å². The Bertz CT molecular complexity index is 933. The summed E-state index contributed by atoms with van der Waals surface area (Å²) in [6.45, 7) is 4.95. The Morgan fingerprint density at radius 2 is 2.00 bits per heavy atom. The van der Waals surface area contributed by atoms with Gasteiger partial charge in [-0.1, -0.05) is 35.9 Å². The number of rotatable bonds is 3. The van der Waals surface area contributed by atoms with Gasteiger partial charge in [-0.3, -0.25) is 0 Å². The van der Waals surface area contributed by atoms with E-state index in [1.807, 2.05) is 19.9 Å². The fraction of sp³-hybridized carbons (Fsp3) is 0.250. The van der Waals surface area contributed by atoms with Crippen molar-refractivity contribution < 1.29 is 0 Å². The highest BCUT2D eigenvalue weighted by Crippen LogP contribution is 2.33. The first-order chi connectivity index (χ1) is 12.6. The van der Waals surface area contributed by atoms with Crippen molar-refractivity contribution in [3.05, 3.63) is 64.3 Å². The van der Waals surface area contributed by atoms with Crippen molar-refractivity contribution in [2.24, 2.45) is 0 Å². The number of nitrogens with zero attached hydrogens (tertiary/aromatic N) is 4. The molecule has 1 N–H and O–H groups in total. The standard InChI is InChI=1S/C20H20ClN5/c1-13-10-14(2)19(16(21)11-13)24-20-23-18(12-22-25-20)26-9-5-7-15-6-3-4-8-17(15)26/h3-4,6,8,10-12H,5,7,9H2,1-2H3,(H,23,24,25). The zero-order valence-corrected chi connectivity index (χ0v) is 15.6. The molecule has 4 rings (SSSR count). The number of hydrogen-bond acceptors (Lipinski definition) is 5. The molecule has 1 aromatic heterocycles. The van der Waals surface area contributed by atoms with E-state index in [1.54, 1.807) is 6.20 Å². The van der Waals surface area contributed by atoms with E-state index in [1.165, 1.54) is 11.3 Å². The van der Waals surface area contributed by atoms with Crippen molar-refractivity contribution >= 4 is 34.7 Å². The van der Waals surface area contributed by atoms with Crippen LogP contribution in [-0.2, 0) is 6.42 Å². The molecule has 2 aromatic carbocycles. The maximum absolute atomic E-state index is 6.39. The van der Waals surface area contributed by atoms with E-state index in [4.69, 9.17) is 11.6 Å². The van der Waals surface area contributed by atoms with Crippen LogP contribution in [-0.4, -0.2) is 21.7 Å². The van der Waals surface area contributed by atoms with Gasteiger partial charge < -0.3 is 10.2 Å². The zero-order valence-electron chi connectivity index (χ0n) is 14.8. The molecule has 26 heavy (non-hydrogen) atoms. The largest absolute Gasteiger partial charge is 0.325 e. The molecule has 1 aliphatic heterocycles. The normalized spacial score (nSPS) is 13.4. The molecule has 0 unspecified atom stereocenters. The minimum Gasteiger partial charge on any atom is -0.325 e. The number of benzene rings is 2. The summed E-state index contributed by atoms with van der Waals surface area (Å²) < 4.78 is 0. The summed E-state index contributed by atoms with van der Waals surface area (Å²) in [4.78, 5) is 6.87. The van der Waals surface area contributed by atoms with Gasteiger partial charge in [0.15, 0.2) is 5.82 Å². The third-order valence-electron chi connectivity index (χ3n) is 4.60. The molecule has 0 bridgehead atoms. The van der Waals surface area contributed by atoms with Crippen LogP contribution in [0.1, 0.15) is 23.1 Å². The second-order valence-corrected chi connectivity index (χ2v) is 6.99. The van der Waals surface area contributed by atoms with Crippen molar-refractivity contribution in [1.29, 1.82) is 0 Å². The number of aryl methyl sites for hydroxylation is 3. The molecule has 1 aliphatic rings. The van der Waals surface area contributed by atoms with Crippen LogP contribution in [0.2, 0.25) is 5.02 Å². The monoisotopic (exact) mass is 365 g/mol. The number of aromatic nitrogens is 3. The van der Waals surface area contributed by atoms with E-state index in [9.17, 15) is 0 Å². The SMILES string of the molecule is Cc1cc(C)c(Nc2nncc(N3CCCc4ccccc43)n2)c(Cl)c1. The van der Waals surface area contributed by atoms with Crippen LogP contribution in [0.5, 0.6) is 0 Å². The van der Waals surface area contributed by atoms with Crippen LogP contribution >= 0.6 is 11.6 Å². The quantitative estimate of drug-likeness (QED) is 0.710. The van der Waals surface area contributed by atoms with E-state index in [0.717, 1.165) is 42.0 Å². The predicted molar refractivity (Wildman–Crippen MR) is 106 cm³/mol. The number of anilines is 4. The van der Waals surface area contributed by atoms with E-state index >= 15 is 0 Å². The van der Waals surface area contributed by atoms with Crippen molar-refractivity contribution in [2.75, 3.05) is 16.8 Å². The van der Waals surface area contributed by atoms with E-state index in [0.29, 0.717) is 11.0 Å². The van der Waals surface area contributed by atoms with Gasteiger partial charge in [-0.25, -0.2) is 0 Å². The van der Waals surface area contributed by atoms with E-state index in [2.05, 4.69) is 55.7 Å². The van der Waals surface area contributed by atoms with Gasteiger partial charge >= 0.3 is 0 Å². The molecular formula is C20H20ClN5.